The predicted octanol–water partition coefficient (Wildman–Crippen LogP) is 2.67. The molecule has 1 aliphatic rings. The second kappa shape index (κ2) is 7.15. The number of rotatable bonds is 3. The second-order valence-electron chi connectivity index (χ2n) is 7.35. The lowest BCUT2D eigenvalue weighted by Gasteiger charge is -2.35. The molecule has 7 heteroatoms. The zero-order valence-corrected chi connectivity index (χ0v) is 14.1. The van der Waals surface area contributed by atoms with Gasteiger partial charge in [-0.1, -0.05) is 20.8 Å². The van der Waals surface area contributed by atoms with Crippen molar-refractivity contribution in [2.45, 2.75) is 40.2 Å². The number of nitrogens with zero attached hydrogens (tertiary/aromatic N) is 2. The van der Waals surface area contributed by atoms with Crippen molar-refractivity contribution in [2.75, 3.05) is 39.5 Å². The van der Waals surface area contributed by atoms with E-state index in [9.17, 15) is 14.0 Å². The summed E-state index contributed by atoms with van der Waals surface area (Å²) in [6.45, 7) is 10.1. The lowest BCUT2D eigenvalue weighted by atomic mass is 9.99. The van der Waals surface area contributed by atoms with Gasteiger partial charge in [0.2, 0.25) is 0 Å². The first-order chi connectivity index (χ1) is 10.0. The van der Waals surface area contributed by atoms with Crippen LogP contribution < -0.4 is 0 Å². The van der Waals surface area contributed by atoms with E-state index < -0.39 is 18.4 Å². The molecule has 0 atom stereocenters. The number of amides is 2. The zero-order valence-electron chi connectivity index (χ0n) is 14.1. The lowest BCUT2D eigenvalue weighted by molar-refractivity contribution is -0.00940. The first-order valence-corrected chi connectivity index (χ1v) is 7.50. The van der Waals surface area contributed by atoms with E-state index in [1.54, 1.807) is 4.90 Å². The highest BCUT2D eigenvalue weighted by Gasteiger charge is 2.30. The molecule has 0 spiro atoms. The highest BCUT2D eigenvalue weighted by molar-refractivity contribution is 5.70. The van der Waals surface area contributed by atoms with Crippen molar-refractivity contribution >= 4 is 12.2 Å². The average molecular weight is 318 g/mol. The highest BCUT2D eigenvalue weighted by atomic mass is 19.1. The summed E-state index contributed by atoms with van der Waals surface area (Å²) < 4.78 is 23.0. The number of hydrogen-bond donors (Lipinski definition) is 0. The van der Waals surface area contributed by atoms with E-state index in [1.807, 2.05) is 20.8 Å². The summed E-state index contributed by atoms with van der Waals surface area (Å²) in [4.78, 5) is 26.9. The molecule has 0 radical (unpaired) electrons. The van der Waals surface area contributed by atoms with E-state index >= 15 is 0 Å². The monoisotopic (exact) mass is 318 g/mol. The van der Waals surface area contributed by atoms with Crippen LogP contribution in [0.5, 0.6) is 0 Å². The van der Waals surface area contributed by atoms with Crippen molar-refractivity contribution in [2.24, 2.45) is 5.41 Å². The quantitative estimate of drug-likeness (QED) is 0.803. The molecule has 6 nitrogen and oxygen atoms in total. The average Bonchev–Trinajstić information content (AvgIpc) is 2.43. The molecule has 2 amide bonds. The fourth-order valence-corrected chi connectivity index (χ4v) is 1.77. The molecule has 22 heavy (non-hydrogen) atoms. The van der Waals surface area contributed by atoms with Crippen molar-refractivity contribution in [3.05, 3.63) is 0 Å². The van der Waals surface area contributed by atoms with E-state index in [1.165, 1.54) is 18.7 Å². The molecule has 0 N–H and O–H groups in total. The largest absolute Gasteiger partial charge is 0.449 e. The molecule has 1 rings (SSSR count). The molecular formula is C15H27FN2O4. The number of ether oxygens (including phenoxy) is 2. The molecule has 0 aliphatic carbocycles. The van der Waals surface area contributed by atoms with Crippen LogP contribution in [-0.4, -0.2) is 67.0 Å². The molecule has 1 saturated heterocycles. The summed E-state index contributed by atoms with van der Waals surface area (Å²) in [6, 6.07) is 0. The van der Waals surface area contributed by atoms with Crippen LogP contribution in [0.1, 0.15) is 34.6 Å². The normalized spacial score (nSPS) is 16.5. The number of piperazine rings is 1. The molecule has 1 heterocycles. The van der Waals surface area contributed by atoms with Crippen molar-refractivity contribution in [1.29, 1.82) is 0 Å². The van der Waals surface area contributed by atoms with Gasteiger partial charge in [-0.15, -0.1) is 0 Å². The standard InChI is InChI=1S/C15H27FN2O4/c1-14(2,3)11-21-12(19)17-6-8-18(9-7-17)13(20)22-15(4,5)10-16/h6-11H2,1-5H3. The topological polar surface area (TPSA) is 59.1 Å². The molecule has 0 aromatic rings. The first kappa shape index (κ1) is 18.5. The molecule has 0 saturated carbocycles. The van der Waals surface area contributed by atoms with E-state index in [2.05, 4.69) is 0 Å². The van der Waals surface area contributed by atoms with Crippen LogP contribution in [0.25, 0.3) is 0 Å². The Labute approximate surface area is 131 Å². The van der Waals surface area contributed by atoms with E-state index in [-0.39, 0.29) is 11.5 Å². The van der Waals surface area contributed by atoms with Crippen LogP contribution in [0, 0.1) is 5.41 Å². The maximum atomic E-state index is 12.7. The van der Waals surface area contributed by atoms with Crippen molar-refractivity contribution in [3.8, 4) is 0 Å². The molecule has 128 valence electrons. The third-order valence-corrected chi connectivity index (χ3v) is 3.11. The van der Waals surface area contributed by atoms with E-state index in [0.29, 0.717) is 32.8 Å². The van der Waals surface area contributed by atoms with Gasteiger partial charge in [-0.3, -0.25) is 0 Å². The Balaban J connectivity index is 2.40. The number of hydrogen-bond acceptors (Lipinski definition) is 4. The number of carbonyl (C=O) groups excluding carboxylic acids is 2. The van der Waals surface area contributed by atoms with Crippen molar-refractivity contribution in [3.63, 3.8) is 0 Å². The third-order valence-electron chi connectivity index (χ3n) is 3.11. The van der Waals surface area contributed by atoms with E-state index in [0.717, 1.165) is 0 Å². The Morgan fingerprint density at radius 3 is 1.82 bits per heavy atom. The predicted molar refractivity (Wildman–Crippen MR) is 80.5 cm³/mol. The lowest BCUT2D eigenvalue weighted by Crippen LogP contribution is -2.52. The van der Waals surface area contributed by atoms with Gasteiger partial charge in [0, 0.05) is 26.2 Å². The zero-order chi connectivity index (χ0) is 17.0. The van der Waals surface area contributed by atoms with Crippen LogP contribution in [0.3, 0.4) is 0 Å². The van der Waals surface area contributed by atoms with Crippen LogP contribution in [0.15, 0.2) is 0 Å². The molecule has 1 aliphatic heterocycles. The summed E-state index contributed by atoms with van der Waals surface area (Å²) in [7, 11) is 0. The third kappa shape index (κ3) is 6.07. The van der Waals surface area contributed by atoms with Gasteiger partial charge in [-0.2, -0.15) is 0 Å². The number of carbonyl (C=O) groups is 2. The van der Waals surface area contributed by atoms with Gasteiger partial charge in [0.15, 0.2) is 0 Å². The van der Waals surface area contributed by atoms with Crippen molar-refractivity contribution in [1.82, 2.24) is 9.80 Å². The minimum atomic E-state index is -1.13. The molecule has 0 unspecified atom stereocenters. The molecule has 0 bridgehead atoms. The molecule has 0 aromatic carbocycles. The van der Waals surface area contributed by atoms with Crippen LogP contribution in [0.2, 0.25) is 0 Å². The Morgan fingerprint density at radius 1 is 0.955 bits per heavy atom. The van der Waals surface area contributed by atoms with Gasteiger partial charge in [0.1, 0.15) is 12.3 Å². The van der Waals surface area contributed by atoms with Crippen LogP contribution in [-0.2, 0) is 9.47 Å². The highest BCUT2D eigenvalue weighted by Crippen LogP contribution is 2.16. The summed E-state index contributed by atoms with van der Waals surface area (Å²) in [6.07, 6.45) is -0.919. The van der Waals surface area contributed by atoms with Crippen molar-refractivity contribution < 1.29 is 23.5 Å². The molecule has 1 fully saturated rings. The maximum Gasteiger partial charge on any atom is 0.410 e. The van der Waals surface area contributed by atoms with Gasteiger partial charge >= 0.3 is 12.2 Å². The van der Waals surface area contributed by atoms with Gasteiger partial charge in [0.25, 0.3) is 0 Å². The fourth-order valence-electron chi connectivity index (χ4n) is 1.77. The fraction of sp³-hybridized carbons (Fsp3) is 0.867. The summed E-state index contributed by atoms with van der Waals surface area (Å²) in [5, 5.41) is 0. The molecular weight excluding hydrogens is 291 g/mol. The Morgan fingerprint density at radius 2 is 1.41 bits per heavy atom. The van der Waals surface area contributed by atoms with Gasteiger partial charge in [-0.25, -0.2) is 14.0 Å². The Bertz CT molecular complexity index is 399. The van der Waals surface area contributed by atoms with Gasteiger partial charge in [0.05, 0.1) is 6.61 Å². The maximum absolute atomic E-state index is 12.7. The van der Waals surface area contributed by atoms with Gasteiger partial charge < -0.3 is 19.3 Å². The van der Waals surface area contributed by atoms with E-state index in [4.69, 9.17) is 9.47 Å². The van der Waals surface area contributed by atoms with Crippen LogP contribution >= 0.6 is 0 Å². The smallest absolute Gasteiger partial charge is 0.410 e. The first-order valence-electron chi connectivity index (χ1n) is 7.50. The number of halogens is 1. The second-order valence-corrected chi connectivity index (χ2v) is 7.35. The minimum Gasteiger partial charge on any atom is -0.449 e. The summed E-state index contributed by atoms with van der Waals surface area (Å²) in [5.74, 6) is 0. The summed E-state index contributed by atoms with van der Waals surface area (Å²) in [5.41, 5.74) is -1.21. The van der Waals surface area contributed by atoms with Crippen LogP contribution in [0.4, 0.5) is 14.0 Å². The van der Waals surface area contributed by atoms with Gasteiger partial charge in [-0.05, 0) is 19.3 Å². The molecule has 0 aromatic heterocycles. The number of alkyl halides is 1. The summed E-state index contributed by atoms with van der Waals surface area (Å²) >= 11 is 0. The SMILES string of the molecule is CC(C)(C)COC(=O)N1CCN(C(=O)OC(C)(C)CF)CC1. The minimum absolute atomic E-state index is 0.0841. The Hall–Kier alpha value is -1.53. The Kier molecular flexibility index (Phi) is 6.02.